The van der Waals surface area contributed by atoms with Crippen LogP contribution in [0.3, 0.4) is 0 Å². The Morgan fingerprint density at radius 1 is 0.424 bits per heavy atom. The van der Waals surface area contributed by atoms with Crippen LogP contribution >= 0.6 is 0 Å². The molecule has 19 heteroatoms. The molecule has 1 amide bonds. The molecule has 0 aromatic rings. The van der Waals surface area contributed by atoms with Gasteiger partial charge in [0.05, 0.1) is 38.6 Å². The summed E-state index contributed by atoms with van der Waals surface area (Å²) in [5.41, 5.74) is 0. The van der Waals surface area contributed by atoms with Crippen molar-refractivity contribution in [2.75, 3.05) is 26.4 Å². The summed E-state index contributed by atoms with van der Waals surface area (Å²) in [5, 5.41) is 120. The van der Waals surface area contributed by atoms with E-state index < -0.39 is 124 Å². The zero-order chi connectivity index (χ0) is 61.9. The number of hydrogen-bond donors (Lipinski definition) is 12. The summed E-state index contributed by atoms with van der Waals surface area (Å²) in [6.07, 6.45) is 30.6. The lowest BCUT2D eigenvalue weighted by Gasteiger charge is -2.48. The summed E-state index contributed by atoms with van der Waals surface area (Å²) >= 11 is 0. The summed E-state index contributed by atoms with van der Waals surface area (Å²) in [6, 6.07) is -0.998. The van der Waals surface area contributed by atoms with E-state index in [1.54, 1.807) is 6.08 Å². The van der Waals surface area contributed by atoms with Gasteiger partial charge in [0.15, 0.2) is 18.9 Å². The smallest absolute Gasteiger partial charge is 0.220 e. The van der Waals surface area contributed by atoms with Gasteiger partial charge < -0.3 is 89.9 Å². The van der Waals surface area contributed by atoms with Crippen LogP contribution in [-0.2, 0) is 33.2 Å². The Labute approximate surface area is 509 Å². The van der Waals surface area contributed by atoms with Crippen molar-refractivity contribution in [3.8, 4) is 0 Å². The predicted molar refractivity (Wildman–Crippen MR) is 328 cm³/mol. The topological polar surface area (TPSA) is 307 Å². The Kier molecular flexibility index (Phi) is 43.7. The zero-order valence-corrected chi connectivity index (χ0v) is 51.8. The minimum atomic E-state index is -1.98. The SMILES string of the molecule is CCCCCCC/C=C\C/C=C\CCCCCCCCCCCCCCCC(=O)NC(COC1OC(CO)C(OC2OC(CO)C(OC3OC(CO)C(O)C(O)C3O)C(O)C2O)C(O)C1O)C(O)/C=C/CC/C=C/CC/C=C/CCCCCCC. The van der Waals surface area contributed by atoms with E-state index in [0.717, 1.165) is 51.4 Å². The molecule has 17 unspecified atom stereocenters. The number of carbonyl (C=O) groups excluding carboxylic acids is 1. The lowest BCUT2D eigenvalue weighted by atomic mass is 9.96. The predicted octanol–water partition coefficient (Wildman–Crippen LogP) is 7.60. The van der Waals surface area contributed by atoms with Gasteiger partial charge in [-0.3, -0.25) is 4.79 Å². The first-order chi connectivity index (χ1) is 41.3. The van der Waals surface area contributed by atoms with Crippen molar-refractivity contribution >= 4 is 5.91 Å². The molecule has 0 spiro atoms. The van der Waals surface area contributed by atoms with Gasteiger partial charge in [-0.2, -0.15) is 0 Å². The molecular weight excluding hydrogens is 1090 g/mol. The number of allylic oxidation sites excluding steroid dienone is 9. The Morgan fingerprint density at radius 3 is 1.25 bits per heavy atom. The average Bonchev–Trinajstić information content (AvgIpc) is 3.63. The number of aliphatic hydroxyl groups excluding tert-OH is 11. The van der Waals surface area contributed by atoms with Crippen LogP contribution in [0.1, 0.15) is 219 Å². The fourth-order valence-electron chi connectivity index (χ4n) is 10.8. The number of hydrogen-bond acceptors (Lipinski definition) is 18. The third kappa shape index (κ3) is 31.2. The van der Waals surface area contributed by atoms with Gasteiger partial charge in [-0.1, -0.05) is 197 Å². The molecule has 85 heavy (non-hydrogen) atoms. The highest BCUT2D eigenvalue weighted by Gasteiger charge is 2.53. The van der Waals surface area contributed by atoms with Crippen molar-refractivity contribution in [1.29, 1.82) is 0 Å². The molecule has 17 atom stereocenters. The van der Waals surface area contributed by atoms with Crippen molar-refractivity contribution in [3.63, 3.8) is 0 Å². The molecule has 3 aliphatic rings. The number of unbranched alkanes of at least 4 members (excludes halogenated alkanes) is 25. The van der Waals surface area contributed by atoms with Crippen molar-refractivity contribution < 1.29 is 89.4 Å². The molecule has 0 aliphatic carbocycles. The van der Waals surface area contributed by atoms with E-state index in [1.807, 2.05) is 6.08 Å². The van der Waals surface area contributed by atoms with Crippen LogP contribution in [0.15, 0.2) is 60.8 Å². The van der Waals surface area contributed by atoms with Crippen molar-refractivity contribution in [2.24, 2.45) is 0 Å². The third-order valence-corrected chi connectivity index (χ3v) is 16.3. The fraction of sp³-hybridized carbons (Fsp3) is 0.833. The molecule has 0 radical (unpaired) electrons. The van der Waals surface area contributed by atoms with Gasteiger partial charge in [0.2, 0.25) is 5.91 Å². The molecule has 19 nitrogen and oxygen atoms in total. The largest absolute Gasteiger partial charge is 0.394 e. The van der Waals surface area contributed by atoms with Crippen molar-refractivity contribution in [3.05, 3.63) is 60.8 Å². The van der Waals surface area contributed by atoms with E-state index in [2.05, 4.69) is 67.8 Å². The first kappa shape index (κ1) is 76.7. The Bertz CT molecular complexity index is 1780. The van der Waals surface area contributed by atoms with Crippen LogP contribution in [0.4, 0.5) is 0 Å². The van der Waals surface area contributed by atoms with E-state index in [4.69, 9.17) is 28.4 Å². The van der Waals surface area contributed by atoms with Gasteiger partial charge in [0, 0.05) is 6.42 Å². The fourth-order valence-corrected chi connectivity index (χ4v) is 10.8. The second kappa shape index (κ2) is 48.4. The van der Waals surface area contributed by atoms with Crippen molar-refractivity contribution in [1.82, 2.24) is 5.32 Å². The molecule has 3 heterocycles. The van der Waals surface area contributed by atoms with E-state index in [-0.39, 0.29) is 18.9 Å². The quantitative estimate of drug-likeness (QED) is 0.0206. The van der Waals surface area contributed by atoms with Gasteiger partial charge in [0.1, 0.15) is 73.2 Å². The maximum Gasteiger partial charge on any atom is 0.220 e. The number of aliphatic hydroxyl groups is 11. The molecule has 3 aliphatic heterocycles. The maximum atomic E-state index is 13.4. The molecule has 0 bridgehead atoms. The first-order valence-corrected chi connectivity index (χ1v) is 33.0. The number of ether oxygens (including phenoxy) is 6. The second-order valence-electron chi connectivity index (χ2n) is 23.6. The molecule has 494 valence electrons. The number of rotatable bonds is 49. The maximum absolute atomic E-state index is 13.4. The molecule has 0 saturated carbocycles. The lowest BCUT2D eigenvalue weighted by molar-refractivity contribution is -0.379. The zero-order valence-electron chi connectivity index (χ0n) is 51.8. The lowest BCUT2D eigenvalue weighted by Crippen LogP contribution is -2.66. The third-order valence-electron chi connectivity index (χ3n) is 16.3. The van der Waals surface area contributed by atoms with Crippen molar-refractivity contribution in [2.45, 2.75) is 324 Å². The first-order valence-electron chi connectivity index (χ1n) is 33.0. The van der Waals surface area contributed by atoms with Gasteiger partial charge in [-0.15, -0.1) is 0 Å². The Hall–Kier alpha value is -2.51. The van der Waals surface area contributed by atoms with Gasteiger partial charge >= 0.3 is 0 Å². The molecular formula is C66H117NO18. The highest BCUT2D eigenvalue weighted by atomic mass is 16.8. The highest BCUT2D eigenvalue weighted by molar-refractivity contribution is 5.76. The normalized spacial score (nSPS) is 29.4. The average molecular weight is 1210 g/mol. The highest BCUT2D eigenvalue weighted by Crippen LogP contribution is 2.33. The van der Waals surface area contributed by atoms with E-state index in [1.165, 1.54) is 135 Å². The minimum Gasteiger partial charge on any atom is -0.394 e. The molecule has 3 rings (SSSR count). The molecule has 3 saturated heterocycles. The summed E-state index contributed by atoms with van der Waals surface area (Å²) < 4.78 is 34.3. The van der Waals surface area contributed by atoms with Crippen LogP contribution in [0.25, 0.3) is 0 Å². The van der Waals surface area contributed by atoms with Crippen LogP contribution in [0, 0.1) is 0 Å². The van der Waals surface area contributed by atoms with E-state index >= 15 is 0 Å². The second-order valence-corrected chi connectivity index (χ2v) is 23.6. The van der Waals surface area contributed by atoms with Crippen LogP contribution in [0.5, 0.6) is 0 Å². The summed E-state index contributed by atoms with van der Waals surface area (Å²) in [5.74, 6) is -0.292. The molecule has 0 aromatic carbocycles. The summed E-state index contributed by atoms with van der Waals surface area (Å²) in [7, 11) is 0. The van der Waals surface area contributed by atoms with E-state index in [0.29, 0.717) is 12.8 Å². The van der Waals surface area contributed by atoms with Crippen LogP contribution in [0.2, 0.25) is 0 Å². The van der Waals surface area contributed by atoms with Gasteiger partial charge in [-0.05, 0) is 77.0 Å². The summed E-state index contributed by atoms with van der Waals surface area (Å²) in [6.45, 7) is 1.67. The van der Waals surface area contributed by atoms with Crippen LogP contribution < -0.4 is 5.32 Å². The summed E-state index contributed by atoms with van der Waals surface area (Å²) in [4.78, 5) is 13.4. The number of nitrogens with one attached hydrogen (secondary N) is 1. The number of amides is 1. The molecule has 3 fully saturated rings. The standard InChI is InChI=1S/C66H117NO18/c1-3-5-7-9-11-13-15-17-19-20-21-22-23-24-25-26-27-28-30-32-34-36-38-40-42-44-54(72)67-49(50(71)43-41-39-37-35-33-31-29-18-16-14-12-10-8-6-4-2)48-80-64-60(78)57(75)62(52(46-69)82-64)85-66-61(79)58(76)63(53(47-70)83-66)84-65-59(77)56(74)55(73)51(45-68)81-65/h15-18,20-21,33,35,41,43,49-53,55-66,68-71,73-79H,3-14,19,22-32,34,36-40,42,44-48H2,1-2H3,(H,67,72)/b17-15-,18-16+,21-20-,35-33+,43-41+. The molecule has 12 N–H and O–H groups in total. The Balaban J connectivity index is 1.45. The Morgan fingerprint density at radius 2 is 0.788 bits per heavy atom. The van der Waals surface area contributed by atoms with Gasteiger partial charge in [-0.25, -0.2) is 0 Å². The van der Waals surface area contributed by atoms with Crippen LogP contribution in [-0.4, -0.2) is 193 Å². The van der Waals surface area contributed by atoms with E-state index in [9.17, 15) is 61.0 Å². The minimum absolute atomic E-state index is 0.229. The monoisotopic (exact) mass is 1210 g/mol. The molecule has 0 aromatic heterocycles. The van der Waals surface area contributed by atoms with Gasteiger partial charge in [0.25, 0.3) is 0 Å². The number of carbonyl (C=O) groups is 1.